The van der Waals surface area contributed by atoms with Crippen molar-refractivity contribution in [3.63, 3.8) is 0 Å². The van der Waals surface area contributed by atoms with Gasteiger partial charge in [0, 0.05) is 31.0 Å². The quantitative estimate of drug-likeness (QED) is 0.744. The van der Waals surface area contributed by atoms with Gasteiger partial charge in [0.2, 0.25) is 11.8 Å². The number of hydrogen-bond donors (Lipinski definition) is 1. The Hall–Kier alpha value is -2.93. The second kappa shape index (κ2) is 9.69. The standard InChI is InChI=1S/C25H31FN4O2/c1-18(24(31)27-19-10-12-20(13-11-19)29-15-6-3-7-16-29)28(2)23-14-17-30(25(23)32)22-9-5-4-8-21(22)26/h4-5,8-13,18,23H,3,6-7,14-17H2,1-2H3,(H,27,31). The number of halogens is 1. The van der Waals surface area contributed by atoms with E-state index in [0.717, 1.165) is 18.8 Å². The minimum Gasteiger partial charge on any atom is -0.372 e. The van der Waals surface area contributed by atoms with Gasteiger partial charge in [-0.3, -0.25) is 14.5 Å². The van der Waals surface area contributed by atoms with E-state index >= 15 is 0 Å². The maximum Gasteiger partial charge on any atom is 0.244 e. The number of rotatable bonds is 6. The molecule has 6 nitrogen and oxygen atoms in total. The second-order valence-corrected chi connectivity index (χ2v) is 8.67. The molecule has 2 saturated heterocycles. The van der Waals surface area contributed by atoms with Crippen molar-refractivity contribution in [3.05, 3.63) is 54.3 Å². The topological polar surface area (TPSA) is 55.9 Å². The highest BCUT2D eigenvalue weighted by atomic mass is 19.1. The molecule has 2 aliphatic heterocycles. The van der Waals surface area contributed by atoms with Gasteiger partial charge < -0.3 is 15.1 Å². The lowest BCUT2D eigenvalue weighted by atomic mass is 10.1. The predicted molar refractivity (Wildman–Crippen MR) is 126 cm³/mol. The molecule has 0 aliphatic carbocycles. The number of carbonyl (C=O) groups is 2. The highest BCUT2D eigenvalue weighted by molar-refractivity contribution is 6.00. The lowest BCUT2D eigenvalue weighted by molar-refractivity contribution is -0.125. The highest BCUT2D eigenvalue weighted by Crippen LogP contribution is 2.27. The van der Waals surface area contributed by atoms with Crippen LogP contribution in [0.4, 0.5) is 21.5 Å². The van der Waals surface area contributed by atoms with Gasteiger partial charge in [-0.2, -0.15) is 0 Å². The van der Waals surface area contributed by atoms with Crippen LogP contribution in [0.5, 0.6) is 0 Å². The third-order valence-corrected chi connectivity index (χ3v) is 6.66. The number of hydrogen-bond acceptors (Lipinski definition) is 4. The third-order valence-electron chi connectivity index (χ3n) is 6.66. The number of anilines is 3. The number of para-hydroxylation sites is 1. The van der Waals surface area contributed by atoms with Crippen molar-refractivity contribution in [2.24, 2.45) is 0 Å². The molecule has 2 atom stereocenters. The summed E-state index contributed by atoms with van der Waals surface area (Å²) in [6.45, 7) is 4.37. The van der Waals surface area contributed by atoms with Crippen molar-refractivity contribution in [2.75, 3.05) is 41.8 Å². The molecule has 2 fully saturated rings. The Morgan fingerprint density at radius 3 is 2.44 bits per heavy atom. The Labute approximate surface area is 189 Å². The van der Waals surface area contributed by atoms with E-state index in [1.807, 2.05) is 24.3 Å². The maximum atomic E-state index is 14.1. The van der Waals surface area contributed by atoms with Crippen LogP contribution < -0.4 is 15.1 Å². The largest absolute Gasteiger partial charge is 0.372 e. The molecule has 32 heavy (non-hydrogen) atoms. The van der Waals surface area contributed by atoms with Crippen LogP contribution in [-0.4, -0.2) is 55.5 Å². The first kappa shape index (κ1) is 22.3. The van der Waals surface area contributed by atoms with E-state index < -0.39 is 17.9 Å². The molecule has 0 spiro atoms. The van der Waals surface area contributed by atoms with Gasteiger partial charge in [0.1, 0.15) is 5.82 Å². The third kappa shape index (κ3) is 4.63. The minimum absolute atomic E-state index is 0.171. The molecule has 2 aromatic rings. The molecule has 7 heteroatoms. The summed E-state index contributed by atoms with van der Waals surface area (Å²) < 4.78 is 14.1. The van der Waals surface area contributed by atoms with Crippen LogP contribution in [0.1, 0.15) is 32.6 Å². The monoisotopic (exact) mass is 438 g/mol. The second-order valence-electron chi connectivity index (χ2n) is 8.67. The lowest BCUT2D eigenvalue weighted by Gasteiger charge is -2.29. The molecule has 4 rings (SSSR count). The van der Waals surface area contributed by atoms with Crippen LogP contribution in [0, 0.1) is 5.82 Å². The fourth-order valence-corrected chi connectivity index (χ4v) is 4.56. The Morgan fingerprint density at radius 2 is 1.75 bits per heavy atom. The Balaban J connectivity index is 1.36. The van der Waals surface area contributed by atoms with E-state index in [4.69, 9.17) is 0 Å². The zero-order chi connectivity index (χ0) is 22.7. The molecule has 2 aromatic carbocycles. The Morgan fingerprint density at radius 1 is 1.06 bits per heavy atom. The summed E-state index contributed by atoms with van der Waals surface area (Å²) in [6, 6.07) is 13.3. The molecule has 0 bridgehead atoms. The van der Waals surface area contributed by atoms with Gasteiger partial charge in [-0.25, -0.2) is 4.39 Å². The van der Waals surface area contributed by atoms with Crippen molar-refractivity contribution in [2.45, 2.75) is 44.7 Å². The zero-order valence-electron chi connectivity index (χ0n) is 18.8. The van der Waals surface area contributed by atoms with Gasteiger partial charge in [-0.1, -0.05) is 12.1 Å². The van der Waals surface area contributed by atoms with Gasteiger partial charge in [-0.15, -0.1) is 0 Å². The van der Waals surface area contributed by atoms with Crippen LogP contribution in [0.2, 0.25) is 0 Å². The molecule has 170 valence electrons. The molecule has 1 N–H and O–H groups in total. The summed E-state index contributed by atoms with van der Waals surface area (Å²) in [7, 11) is 1.77. The lowest BCUT2D eigenvalue weighted by Crippen LogP contribution is -2.48. The highest BCUT2D eigenvalue weighted by Gasteiger charge is 2.39. The van der Waals surface area contributed by atoms with Crippen LogP contribution in [0.3, 0.4) is 0 Å². The van der Waals surface area contributed by atoms with Crippen molar-refractivity contribution in [1.29, 1.82) is 0 Å². The molecule has 2 aliphatic rings. The zero-order valence-corrected chi connectivity index (χ0v) is 18.8. The van der Waals surface area contributed by atoms with E-state index in [2.05, 4.69) is 10.2 Å². The van der Waals surface area contributed by atoms with Gasteiger partial charge in [0.15, 0.2) is 0 Å². The minimum atomic E-state index is -0.508. The number of likely N-dealkylation sites (N-methyl/N-ethyl adjacent to an activating group) is 1. The fraction of sp³-hybridized carbons (Fsp3) is 0.440. The van der Waals surface area contributed by atoms with E-state index in [1.165, 1.54) is 35.9 Å². The average Bonchev–Trinajstić information content (AvgIpc) is 3.20. The van der Waals surface area contributed by atoms with E-state index in [-0.39, 0.29) is 11.8 Å². The number of piperidine rings is 1. The molecule has 2 amide bonds. The summed E-state index contributed by atoms with van der Waals surface area (Å²) in [4.78, 5) is 31.4. The number of nitrogens with one attached hydrogen (secondary N) is 1. The van der Waals surface area contributed by atoms with Crippen molar-refractivity contribution in [1.82, 2.24) is 4.90 Å². The SMILES string of the molecule is CC(C(=O)Nc1ccc(N2CCCCC2)cc1)N(C)C1CCN(c2ccccc2F)C1=O. The van der Waals surface area contributed by atoms with Crippen LogP contribution in [0.25, 0.3) is 0 Å². The van der Waals surface area contributed by atoms with E-state index in [0.29, 0.717) is 18.7 Å². The van der Waals surface area contributed by atoms with Gasteiger partial charge in [-0.05, 0) is 76.1 Å². The van der Waals surface area contributed by atoms with Crippen molar-refractivity contribution >= 4 is 28.9 Å². The van der Waals surface area contributed by atoms with Crippen LogP contribution in [-0.2, 0) is 9.59 Å². The smallest absolute Gasteiger partial charge is 0.244 e. The summed E-state index contributed by atoms with van der Waals surface area (Å²) in [5, 5.41) is 2.96. The average molecular weight is 439 g/mol. The summed E-state index contributed by atoms with van der Waals surface area (Å²) >= 11 is 0. The number of carbonyl (C=O) groups excluding carboxylic acids is 2. The Kier molecular flexibility index (Phi) is 6.74. The first-order valence-electron chi connectivity index (χ1n) is 11.4. The maximum absolute atomic E-state index is 14.1. The number of nitrogens with zero attached hydrogens (tertiary/aromatic N) is 3. The van der Waals surface area contributed by atoms with Gasteiger partial charge in [0.25, 0.3) is 0 Å². The molecule has 2 heterocycles. The molecular weight excluding hydrogens is 407 g/mol. The normalized spacial score (nSPS) is 20.0. The van der Waals surface area contributed by atoms with Gasteiger partial charge >= 0.3 is 0 Å². The summed E-state index contributed by atoms with van der Waals surface area (Å²) in [6.07, 6.45) is 4.27. The predicted octanol–water partition coefficient (Wildman–Crippen LogP) is 3.88. The first-order chi connectivity index (χ1) is 15.5. The van der Waals surface area contributed by atoms with Crippen molar-refractivity contribution < 1.29 is 14.0 Å². The molecular formula is C25H31FN4O2. The summed E-state index contributed by atoms with van der Waals surface area (Å²) in [5.74, 6) is -0.763. The molecule has 2 unspecified atom stereocenters. The van der Waals surface area contributed by atoms with E-state index in [1.54, 1.807) is 37.1 Å². The summed E-state index contributed by atoms with van der Waals surface area (Å²) in [5.41, 5.74) is 2.21. The fourth-order valence-electron chi connectivity index (χ4n) is 4.56. The molecule has 0 aromatic heterocycles. The van der Waals surface area contributed by atoms with Crippen molar-refractivity contribution in [3.8, 4) is 0 Å². The molecule has 0 saturated carbocycles. The van der Waals surface area contributed by atoms with Gasteiger partial charge in [0.05, 0.1) is 17.8 Å². The molecule has 0 radical (unpaired) electrons. The Bertz CT molecular complexity index is 959. The van der Waals surface area contributed by atoms with Crippen LogP contribution >= 0.6 is 0 Å². The van der Waals surface area contributed by atoms with Crippen LogP contribution in [0.15, 0.2) is 48.5 Å². The first-order valence-corrected chi connectivity index (χ1v) is 11.4. The van der Waals surface area contributed by atoms with E-state index in [9.17, 15) is 14.0 Å². The number of benzene rings is 2. The number of amides is 2.